The number of rotatable bonds is 2. The Labute approximate surface area is 113 Å². The van der Waals surface area contributed by atoms with E-state index in [-0.39, 0.29) is 6.61 Å². The maximum absolute atomic E-state index is 11.9. The molecule has 0 aromatic carbocycles. The summed E-state index contributed by atoms with van der Waals surface area (Å²) < 4.78 is 12.2. The number of aryl methyl sites for hydroxylation is 1. The van der Waals surface area contributed by atoms with E-state index in [1.165, 1.54) is 10.8 Å². The molecule has 0 unspecified atom stereocenters. The lowest BCUT2D eigenvalue weighted by molar-refractivity contribution is -0.0850. The third kappa shape index (κ3) is 1.76. The molecule has 3 N–H and O–H groups in total. The van der Waals surface area contributed by atoms with E-state index in [0.717, 1.165) is 0 Å². The van der Waals surface area contributed by atoms with E-state index in [1.54, 1.807) is 6.92 Å². The van der Waals surface area contributed by atoms with Crippen molar-refractivity contribution in [3.05, 3.63) is 32.6 Å². The first-order valence-electron chi connectivity index (χ1n) is 6.40. The molecule has 0 aliphatic carbocycles. The third-order valence-corrected chi connectivity index (χ3v) is 4.00. The minimum atomic E-state index is -1.32. The van der Waals surface area contributed by atoms with Crippen LogP contribution >= 0.6 is 0 Å². The van der Waals surface area contributed by atoms with Gasteiger partial charge in [-0.2, -0.15) is 0 Å². The van der Waals surface area contributed by atoms with Gasteiger partial charge in [0.2, 0.25) is 0 Å². The Bertz CT molecular complexity index is 638. The van der Waals surface area contributed by atoms with Gasteiger partial charge in [-0.25, -0.2) is 4.79 Å². The second-order valence-corrected chi connectivity index (χ2v) is 5.21. The number of H-pyrrole nitrogens is 1. The van der Waals surface area contributed by atoms with Crippen LogP contribution in [-0.2, 0) is 9.47 Å². The summed E-state index contributed by atoms with van der Waals surface area (Å²) in [6, 6.07) is 0. The molecule has 0 bridgehead atoms. The number of aliphatic hydroxyl groups excluding tert-OH is 1. The van der Waals surface area contributed by atoms with Gasteiger partial charge in [0.05, 0.1) is 13.2 Å². The second-order valence-electron chi connectivity index (χ2n) is 5.21. The van der Waals surface area contributed by atoms with Crippen LogP contribution in [0.3, 0.4) is 0 Å². The lowest BCUT2D eigenvalue weighted by Crippen LogP contribution is -2.46. The van der Waals surface area contributed by atoms with E-state index in [4.69, 9.17) is 9.47 Å². The van der Waals surface area contributed by atoms with Crippen molar-refractivity contribution in [2.75, 3.05) is 13.2 Å². The van der Waals surface area contributed by atoms with E-state index in [2.05, 4.69) is 4.98 Å². The van der Waals surface area contributed by atoms with Crippen molar-refractivity contribution in [1.29, 1.82) is 0 Å². The fraction of sp³-hybridized carbons (Fsp3) is 0.667. The Morgan fingerprint density at radius 2 is 2.30 bits per heavy atom. The predicted octanol–water partition coefficient (Wildman–Crippen LogP) is -1.75. The van der Waals surface area contributed by atoms with E-state index < -0.39 is 35.3 Å². The number of nitrogens with one attached hydrogen (secondary N) is 1. The van der Waals surface area contributed by atoms with Gasteiger partial charge < -0.3 is 19.7 Å². The number of hydrogen-bond acceptors (Lipinski definition) is 6. The molecule has 2 fully saturated rings. The van der Waals surface area contributed by atoms with Crippen LogP contribution in [0.25, 0.3) is 0 Å². The highest BCUT2D eigenvalue weighted by molar-refractivity contribution is 5.09. The van der Waals surface area contributed by atoms with Crippen LogP contribution in [0.4, 0.5) is 0 Å². The van der Waals surface area contributed by atoms with Gasteiger partial charge in [0.15, 0.2) is 6.23 Å². The predicted molar refractivity (Wildman–Crippen MR) is 66.4 cm³/mol. The summed E-state index contributed by atoms with van der Waals surface area (Å²) in [5.41, 5.74) is -2.07. The SMILES string of the molecule is Cc1cn([C@@H]2O[C@H](CO)[C@]3(O)CCO[C@H]23)c(=O)[nH]c1=O. The molecule has 0 saturated carbocycles. The Kier molecular flexibility index (Phi) is 3.05. The first-order valence-corrected chi connectivity index (χ1v) is 6.40. The highest BCUT2D eigenvalue weighted by Gasteiger charge is 2.60. The summed E-state index contributed by atoms with van der Waals surface area (Å²) in [5.74, 6) is 0. The summed E-state index contributed by atoms with van der Waals surface area (Å²) in [7, 11) is 0. The molecular weight excluding hydrogens is 268 g/mol. The van der Waals surface area contributed by atoms with E-state index in [0.29, 0.717) is 18.6 Å². The van der Waals surface area contributed by atoms with E-state index in [9.17, 15) is 19.8 Å². The van der Waals surface area contributed by atoms with Gasteiger partial charge in [0.1, 0.15) is 17.8 Å². The lowest BCUT2D eigenvalue weighted by atomic mass is 9.91. The summed E-state index contributed by atoms with van der Waals surface area (Å²) in [5, 5.41) is 19.9. The van der Waals surface area contributed by atoms with Gasteiger partial charge in [-0.05, 0) is 6.92 Å². The zero-order valence-electron chi connectivity index (χ0n) is 10.9. The van der Waals surface area contributed by atoms with Crippen LogP contribution in [0.1, 0.15) is 18.2 Å². The molecule has 0 radical (unpaired) electrons. The van der Waals surface area contributed by atoms with Crippen molar-refractivity contribution in [1.82, 2.24) is 9.55 Å². The van der Waals surface area contributed by atoms with Crippen LogP contribution in [0, 0.1) is 6.92 Å². The Morgan fingerprint density at radius 1 is 1.55 bits per heavy atom. The largest absolute Gasteiger partial charge is 0.394 e. The quantitative estimate of drug-likeness (QED) is 0.594. The maximum Gasteiger partial charge on any atom is 0.330 e. The van der Waals surface area contributed by atoms with Crippen LogP contribution in [0.2, 0.25) is 0 Å². The number of fused-ring (bicyclic) bond motifs is 1. The highest BCUT2D eigenvalue weighted by Crippen LogP contribution is 2.44. The van der Waals surface area contributed by atoms with Crippen molar-refractivity contribution < 1.29 is 19.7 Å². The number of hydrogen-bond donors (Lipinski definition) is 3. The molecule has 8 nitrogen and oxygen atoms in total. The molecule has 2 aliphatic heterocycles. The van der Waals surface area contributed by atoms with Crippen LogP contribution in [0.5, 0.6) is 0 Å². The van der Waals surface area contributed by atoms with Crippen molar-refractivity contribution in [2.24, 2.45) is 0 Å². The van der Waals surface area contributed by atoms with Crippen molar-refractivity contribution in [2.45, 2.75) is 37.4 Å². The van der Waals surface area contributed by atoms with Crippen molar-refractivity contribution >= 4 is 0 Å². The lowest BCUT2D eigenvalue weighted by Gasteiger charge is -2.24. The highest BCUT2D eigenvalue weighted by atomic mass is 16.6. The molecule has 1 aromatic rings. The standard InChI is InChI=1S/C12H16N2O6/c1-6-4-14(11(17)13-9(6)16)10-8-12(18,2-3-19-8)7(5-15)20-10/h4,7-8,10,15,18H,2-3,5H2,1H3,(H,13,16,17)/t7-,8-,10-,12-/m1/s1. The number of aromatic nitrogens is 2. The van der Waals surface area contributed by atoms with Crippen LogP contribution < -0.4 is 11.2 Å². The van der Waals surface area contributed by atoms with Crippen LogP contribution in [-0.4, -0.2) is 50.8 Å². The van der Waals surface area contributed by atoms with Crippen molar-refractivity contribution in [3.8, 4) is 0 Å². The number of aliphatic hydroxyl groups is 2. The number of aromatic amines is 1. The first-order chi connectivity index (χ1) is 9.47. The smallest absolute Gasteiger partial charge is 0.330 e. The molecule has 1 aromatic heterocycles. The Hall–Kier alpha value is -1.48. The zero-order valence-corrected chi connectivity index (χ0v) is 10.9. The maximum atomic E-state index is 11.9. The average molecular weight is 284 g/mol. The second kappa shape index (κ2) is 4.52. The minimum Gasteiger partial charge on any atom is -0.394 e. The zero-order chi connectivity index (χ0) is 14.5. The van der Waals surface area contributed by atoms with Gasteiger partial charge in [-0.15, -0.1) is 0 Å². The minimum absolute atomic E-state index is 0.328. The molecule has 3 rings (SSSR count). The molecule has 4 atom stereocenters. The average Bonchev–Trinajstić information content (AvgIpc) is 2.89. The summed E-state index contributed by atoms with van der Waals surface area (Å²) >= 11 is 0. The summed E-state index contributed by atoms with van der Waals surface area (Å²) in [6.07, 6.45) is -0.742. The molecule has 20 heavy (non-hydrogen) atoms. The molecule has 3 heterocycles. The topological polar surface area (TPSA) is 114 Å². The fourth-order valence-corrected chi connectivity index (χ4v) is 2.85. The van der Waals surface area contributed by atoms with Crippen molar-refractivity contribution in [3.63, 3.8) is 0 Å². The fourth-order valence-electron chi connectivity index (χ4n) is 2.85. The molecule has 2 saturated heterocycles. The molecule has 8 heteroatoms. The van der Waals surface area contributed by atoms with Crippen LogP contribution in [0.15, 0.2) is 15.8 Å². The normalized spacial score (nSPS) is 36.2. The molecule has 110 valence electrons. The molecular formula is C12H16N2O6. The molecule has 0 amide bonds. The first kappa shape index (κ1) is 13.5. The summed E-state index contributed by atoms with van der Waals surface area (Å²) in [4.78, 5) is 25.5. The van der Waals surface area contributed by atoms with Gasteiger partial charge in [-0.1, -0.05) is 0 Å². The van der Waals surface area contributed by atoms with E-state index >= 15 is 0 Å². The van der Waals surface area contributed by atoms with Gasteiger partial charge in [0, 0.05) is 18.2 Å². The molecule has 2 aliphatic rings. The van der Waals surface area contributed by atoms with Gasteiger partial charge in [0.25, 0.3) is 5.56 Å². The Balaban J connectivity index is 2.06. The monoisotopic (exact) mass is 284 g/mol. The van der Waals surface area contributed by atoms with Gasteiger partial charge >= 0.3 is 5.69 Å². The summed E-state index contributed by atoms with van der Waals surface area (Å²) in [6.45, 7) is 1.52. The number of nitrogens with zero attached hydrogens (tertiary/aromatic N) is 1. The van der Waals surface area contributed by atoms with E-state index in [1.807, 2.05) is 0 Å². The van der Waals surface area contributed by atoms with Gasteiger partial charge in [-0.3, -0.25) is 14.3 Å². The third-order valence-electron chi connectivity index (χ3n) is 4.00. The number of ether oxygens (including phenoxy) is 2. The Morgan fingerprint density at radius 3 is 3.00 bits per heavy atom. The molecule has 0 spiro atoms.